The van der Waals surface area contributed by atoms with E-state index >= 15 is 0 Å². The molecule has 3 rings (SSSR count). The monoisotopic (exact) mass is 350 g/mol. The Balaban J connectivity index is 1.81. The maximum atomic E-state index is 11.4. The first-order valence-corrected chi connectivity index (χ1v) is 8.87. The summed E-state index contributed by atoms with van der Waals surface area (Å²) in [5.41, 5.74) is 1.03. The van der Waals surface area contributed by atoms with Crippen LogP contribution in [0.5, 0.6) is 5.75 Å². The molecule has 7 heteroatoms. The minimum atomic E-state index is -0.815. The highest BCUT2D eigenvalue weighted by Crippen LogP contribution is 2.47. The van der Waals surface area contributed by atoms with Crippen molar-refractivity contribution in [3.05, 3.63) is 35.3 Å². The van der Waals surface area contributed by atoms with Gasteiger partial charge in [0.15, 0.2) is 0 Å². The van der Waals surface area contributed by atoms with Gasteiger partial charge in [0, 0.05) is 16.5 Å². The van der Waals surface area contributed by atoms with Crippen LogP contribution in [0.1, 0.15) is 24.1 Å². The number of rotatable bonds is 4. The zero-order valence-electron chi connectivity index (χ0n) is 13.1. The van der Waals surface area contributed by atoms with Gasteiger partial charge < -0.3 is 9.84 Å². The first-order valence-electron chi connectivity index (χ1n) is 7.17. The van der Waals surface area contributed by atoms with Crippen LogP contribution in [0.3, 0.4) is 0 Å². The number of methoxy groups -OCH3 is 1. The number of nitrogens with one attached hydrogen (secondary N) is 1. The Morgan fingerprint density at radius 3 is 2.61 bits per heavy atom. The number of benzene rings is 1. The van der Waals surface area contributed by atoms with Gasteiger partial charge in [0.2, 0.25) is 0 Å². The molecule has 0 amide bonds. The molecule has 2 unspecified atom stereocenters. The van der Waals surface area contributed by atoms with Gasteiger partial charge in [-0.25, -0.2) is 4.98 Å². The topological polar surface area (TPSA) is 71.5 Å². The second kappa shape index (κ2) is 6.14. The molecule has 2 aromatic rings. The molecule has 2 heterocycles. The number of carboxylic acids is 1. The molecule has 122 valence electrons. The second-order valence-corrected chi connectivity index (χ2v) is 8.66. The van der Waals surface area contributed by atoms with E-state index in [0.29, 0.717) is 0 Å². The highest BCUT2D eigenvalue weighted by Gasteiger charge is 2.46. The standard InChI is InChI=1S/C16H18N2O3S2/c1-16(2)12(15(19)20)18-14(23-16)11-8-17-13(22-11)9-4-6-10(21-3)7-5-9/h4-8,12,14,18H,1-3H3,(H,19,20). The molecular weight excluding hydrogens is 332 g/mol. The lowest BCUT2D eigenvalue weighted by Crippen LogP contribution is -2.43. The molecule has 0 aliphatic carbocycles. The average molecular weight is 350 g/mol. The lowest BCUT2D eigenvalue weighted by molar-refractivity contribution is -0.139. The van der Waals surface area contributed by atoms with Gasteiger partial charge in [0.05, 0.1) is 17.4 Å². The number of carbonyl (C=O) groups is 1. The summed E-state index contributed by atoms with van der Waals surface area (Å²) in [6, 6.07) is 7.19. The summed E-state index contributed by atoms with van der Waals surface area (Å²) >= 11 is 3.21. The van der Waals surface area contributed by atoms with Gasteiger partial charge >= 0.3 is 5.97 Å². The molecule has 1 aliphatic rings. The molecular formula is C16H18N2O3S2. The Bertz CT molecular complexity index is 712. The Labute approximate surface area is 143 Å². The number of aromatic nitrogens is 1. The van der Waals surface area contributed by atoms with Crippen molar-refractivity contribution in [3.8, 4) is 16.3 Å². The largest absolute Gasteiger partial charge is 0.497 e. The van der Waals surface area contributed by atoms with Crippen molar-refractivity contribution in [3.63, 3.8) is 0 Å². The predicted octanol–water partition coefficient (Wildman–Crippen LogP) is 3.39. The van der Waals surface area contributed by atoms with E-state index in [1.165, 1.54) is 0 Å². The molecule has 0 saturated carbocycles. The minimum absolute atomic E-state index is 0.0457. The minimum Gasteiger partial charge on any atom is -0.497 e. The summed E-state index contributed by atoms with van der Waals surface area (Å²) in [6.45, 7) is 3.91. The fourth-order valence-corrected chi connectivity index (χ4v) is 4.99. The van der Waals surface area contributed by atoms with Gasteiger partial charge in [0.1, 0.15) is 16.8 Å². The van der Waals surface area contributed by atoms with Crippen molar-refractivity contribution in [2.45, 2.75) is 30.0 Å². The maximum absolute atomic E-state index is 11.4. The van der Waals surface area contributed by atoms with Crippen LogP contribution in [-0.4, -0.2) is 34.0 Å². The molecule has 1 aromatic heterocycles. The summed E-state index contributed by atoms with van der Waals surface area (Å²) in [5, 5.41) is 13.4. The van der Waals surface area contributed by atoms with Crippen LogP contribution >= 0.6 is 23.1 Å². The summed E-state index contributed by atoms with van der Waals surface area (Å²) in [4.78, 5) is 16.9. The van der Waals surface area contributed by atoms with Gasteiger partial charge in [-0.1, -0.05) is 0 Å². The fraction of sp³-hybridized carbons (Fsp3) is 0.375. The number of ether oxygens (including phenoxy) is 1. The molecule has 2 N–H and O–H groups in total. The van der Waals surface area contributed by atoms with E-state index in [-0.39, 0.29) is 10.1 Å². The van der Waals surface area contributed by atoms with Crippen LogP contribution in [0.4, 0.5) is 0 Å². The van der Waals surface area contributed by atoms with E-state index in [1.807, 2.05) is 44.3 Å². The summed E-state index contributed by atoms with van der Waals surface area (Å²) in [5.74, 6) is -0.00510. The molecule has 0 bridgehead atoms. The normalized spacial score (nSPS) is 22.9. The number of hydrogen-bond acceptors (Lipinski definition) is 6. The van der Waals surface area contributed by atoms with E-state index in [1.54, 1.807) is 30.2 Å². The Morgan fingerprint density at radius 1 is 1.35 bits per heavy atom. The van der Waals surface area contributed by atoms with Crippen molar-refractivity contribution in [2.75, 3.05) is 7.11 Å². The van der Waals surface area contributed by atoms with E-state index in [4.69, 9.17) is 4.74 Å². The third-order valence-corrected chi connectivity index (χ3v) is 6.53. The number of thiazole rings is 1. The van der Waals surface area contributed by atoms with Crippen LogP contribution < -0.4 is 10.1 Å². The van der Waals surface area contributed by atoms with Gasteiger partial charge in [-0.3, -0.25) is 10.1 Å². The maximum Gasteiger partial charge on any atom is 0.322 e. The van der Waals surface area contributed by atoms with Crippen molar-refractivity contribution >= 4 is 29.1 Å². The van der Waals surface area contributed by atoms with Crippen molar-refractivity contribution < 1.29 is 14.6 Å². The molecule has 1 fully saturated rings. The van der Waals surface area contributed by atoms with E-state index < -0.39 is 12.0 Å². The third-order valence-electron chi connectivity index (χ3n) is 3.80. The Morgan fingerprint density at radius 2 is 2.04 bits per heavy atom. The lowest BCUT2D eigenvalue weighted by atomic mass is 10.0. The van der Waals surface area contributed by atoms with Crippen LogP contribution in [0.2, 0.25) is 0 Å². The van der Waals surface area contributed by atoms with Gasteiger partial charge in [-0.05, 0) is 38.1 Å². The van der Waals surface area contributed by atoms with Gasteiger partial charge in [-0.15, -0.1) is 23.1 Å². The highest BCUT2D eigenvalue weighted by molar-refractivity contribution is 8.01. The van der Waals surface area contributed by atoms with Crippen LogP contribution in [0.25, 0.3) is 10.6 Å². The van der Waals surface area contributed by atoms with E-state index in [0.717, 1.165) is 21.2 Å². The van der Waals surface area contributed by atoms with Crippen LogP contribution in [0.15, 0.2) is 30.5 Å². The number of hydrogen-bond donors (Lipinski definition) is 2. The average Bonchev–Trinajstić information content (AvgIpc) is 3.11. The Hall–Kier alpha value is -1.57. The van der Waals surface area contributed by atoms with Gasteiger partial charge in [-0.2, -0.15) is 0 Å². The van der Waals surface area contributed by atoms with Crippen molar-refractivity contribution in [1.82, 2.24) is 10.3 Å². The molecule has 23 heavy (non-hydrogen) atoms. The third kappa shape index (κ3) is 3.22. The predicted molar refractivity (Wildman–Crippen MR) is 93.1 cm³/mol. The SMILES string of the molecule is COc1ccc(-c2ncc(C3NC(C(=O)O)C(C)(C)S3)s2)cc1. The van der Waals surface area contributed by atoms with Crippen LogP contribution in [-0.2, 0) is 4.79 Å². The molecule has 0 spiro atoms. The molecule has 0 radical (unpaired) electrons. The number of nitrogens with zero attached hydrogens (tertiary/aromatic N) is 1. The lowest BCUT2D eigenvalue weighted by Gasteiger charge is -2.20. The highest BCUT2D eigenvalue weighted by atomic mass is 32.2. The number of aliphatic carboxylic acids is 1. The zero-order chi connectivity index (χ0) is 16.6. The quantitative estimate of drug-likeness (QED) is 0.881. The fourth-order valence-electron chi connectivity index (χ4n) is 2.54. The first-order chi connectivity index (χ1) is 10.9. The van der Waals surface area contributed by atoms with Crippen LogP contribution in [0, 0.1) is 0 Å². The molecule has 1 aromatic carbocycles. The number of thioether (sulfide) groups is 1. The smallest absolute Gasteiger partial charge is 0.322 e. The van der Waals surface area contributed by atoms with Crippen molar-refractivity contribution in [1.29, 1.82) is 0 Å². The summed E-state index contributed by atoms with van der Waals surface area (Å²) < 4.78 is 4.80. The zero-order valence-corrected chi connectivity index (χ0v) is 14.7. The summed E-state index contributed by atoms with van der Waals surface area (Å²) in [7, 11) is 1.64. The van der Waals surface area contributed by atoms with E-state index in [2.05, 4.69) is 10.3 Å². The molecule has 1 saturated heterocycles. The molecule has 1 aliphatic heterocycles. The Kier molecular flexibility index (Phi) is 4.35. The van der Waals surface area contributed by atoms with E-state index in [9.17, 15) is 9.90 Å². The second-order valence-electron chi connectivity index (χ2n) is 5.84. The molecule has 5 nitrogen and oxygen atoms in total. The molecule has 2 atom stereocenters. The number of carboxylic acid groups (broad SMARTS) is 1. The summed E-state index contributed by atoms with van der Waals surface area (Å²) in [6.07, 6.45) is 1.83. The first kappa shape index (κ1) is 16.3. The van der Waals surface area contributed by atoms with Crippen molar-refractivity contribution in [2.24, 2.45) is 0 Å². The van der Waals surface area contributed by atoms with Gasteiger partial charge in [0.25, 0.3) is 0 Å².